The third-order valence-electron chi connectivity index (χ3n) is 5.85. The SMILES string of the molecule is CCOC(=O)c1cn(CC)c2cc(-c3csc(N4CCN(C(=O)OCC)CC4)n3)c(F)cc2c1=O. The second-order valence-electron chi connectivity index (χ2n) is 7.92. The number of pyridine rings is 1. The standard InChI is InChI=1S/C24H27FN4O5S/c1-4-27-13-17(22(31)33-5-2)21(30)16-11-18(25)15(12-20(16)27)19-14-35-23(26-19)28-7-9-29(10-8-28)24(32)34-6-3/h11-14H,4-10H2,1-3H3. The summed E-state index contributed by atoms with van der Waals surface area (Å²) in [6, 6.07) is 2.76. The minimum atomic E-state index is -0.724. The molecule has 0 atom stereocenters. The lowest BCUT2D eigenvalue weighted by Gasteiger charge is -2.33. The van der Waals surface area contributed by atoms with Crippen molar-refractivity contribution < 1.29 is 23.5 Å². The maximum atomic E-state index is 15.2. The third kappa shape index (κ3) is 4.86. The maximum absolute atomic E-state index is 15.2. The fourth-order valence-electron chi connectivity index (χ4n) is 4.05. The number of carbonyl (C=O) groups is 2. The van der Waals surface area contributed by atoms with Crippen LogP contribution in [0.5, 0.6) is 0 Å². The van der Waals surface area contributed by atoms with Gasteiger partial charge in [-0.3, -0.25) is 4.79 Å². The van der Waals surface area contributed by atoms with Crippen LogP contribution in [-0.4, -0.2) is 65.9 Å². The molecule has 1 amide bonds. The molecule has 1 saturated heterocycles. The summed E-state index contributed by atoms with van der Waals surface area (Å²) in [5, 5.41) is 2.62. The zero-order valence-electron chi connectivity index (χ0n) is 19.9. The Balaban J connectivity index is 1.63. The number of hydrogen-bond acceptors (Lipinski definition) is 8. The second kappa shape index (κ2) is 10.4. The second-order valence-corrected chi connectivity index (χ2v) is 8.75. The number of nitrogens with zero attached hydrogens (tertiary/aromatic N) is 4. The number of anilines is 1. The average Bonchev–Trinajstić information content (AvgIpc) is 3.35. The number of hydrogen-bond donors (Lipinski definition) is 0. The molecule has 4 rings (SSSR count). The fourth-order valence-corrected chi connectivity index (χ4v) is 4.93. The van der Waals surface area contributed by atoms with Gasteiger partial charge >= 0.3 is 12.1 Å². The number of halogens is 1. The summed E-state index contributed by atoms with van der Waals surface area (Å²) < 4.78 is 27.0. The van der Waals surface area contributed by atoms with Crippen molar-refractivity contribution in [2.75, 3.05) is 44.3 Å². The molecule has 0 unspecified atom stereocenters. The first-order valence-corrected chi connectivity index (χ1v) is 12.4. The van der Waals surface area contributed by atoms with E-state index >= 15 is 4.39 Å². The Morgan fingerprint density at radius 1 is 1.09 bits per heavy atom. The van der Waals surface area contributed by atoms with Crippen molar-refractivity contribution in [1.29, 1.82) is 0 Å². The zero-order chi connectivity index (χ0) is 25.1. The van der Waals surface area contributed by atoms with E-state index in [1.165, 1.54) is 23.6 Å². The summed E-state index contributed by atoms with van der Waals surface area (Å²) in [6.45, 7) is 8.48. The summed E-state index contributed by atoms with van der Waals surface area (Å²) in [7, 11) is 0. The monoisotopic (exact) mass is 502 g/mol. The number of rotatable bonds is 6. The highest BCUT2D eigenvalue weighted by Gasteiger charge is 2.24. The van der Waals surface area contributed by atoms with Crippen molar-refractivity contribution in [2.45, 2.75) is 27.3 Å². The lowest BCUT2D eigenvalue weighted by Crippen LogP contribution is -2.49. The normalized spacial score (nSPS) is 13.8. The van der Waals surface area contributed by atoms with Gasteiger partial charge in [0.05, 0.1) is 24.4 Å². The van der Waals surface area contributed by atoms with Gasteiger partial charge in [0.25, 0.3) is 0 Å². The van der Waals surface area contributed by atoms with Crippen molar-refractivity contribution in [1.82, 2.24) is 14.5 Å². The van der Waals surface area contributed by atoms with Crippen LogP contribution in [0.2, 0.25) is 0 Å². The predicted molar refractivity (Wildman–Crippen MR) is 132 cm³/mol. The smallest absolute Gasteiger partial charge is 0.409 e. The molecule has 1 aliphatic heterocycles. The van der Waals surface area contributed by atoms with Gasteiger partial charge < -0.3 is 23.8 Å². The molecule has 0 radical (unpaired) electrons. The summed E-state index contributed by atoms with van der Waals surface area (Å²) in [5.41, 5.74) is 0.565. The number of esters is 1. The van der Waals surface area contributed by atoms with Gasteiger partial charge in [-0.2, -0.15) is 0 Å². The molecule has 1 aliphatic rings. The van der Waals surface area contributed by atoms with Crippen LogP contribution in [-0.2, 0) is 16.0 Å². The summed E-state index contributed by atoms with van der Waals surface area (Å²) in [6.07, 6.45) is 1.14. The number of carbonyl (C=O) groups excluding carboxylic acids is 2. The Kier molecular flexibility index (Phi) is 7.34. The molecule has 35 heavy (non-hydrogen) atoms. The van der Waals surface area contributed by atoms with Gasteiger partial charge in [0.1, 0.15) is 11.4 Å². The van der Waals surface area contributed by atoms with E-state index in [9.17, 15) is 14.4 Å². The first-order chi connectivity index (χ1) is 16.9. The third-order valence-corrected chi connectivity index (χ3v) is 6.75. The highest BCUT2D eigenvalue weighted by Crippen LogP contribution is 2.32. The Morgan fingerprint density at radius 2 is 1.80 bits per heavy atom. The quantitative estimate of drug-likeness (QED) is 0.474. The number of piperazine rings is 1. The molecule has 2 aromatic heterocycles. The van der Waals surface area contributed by atoms with Crippen LogP contribution in [0.25, 0.3) is 22.2 Å². The van der Waals surface area contributed by atoms with Gasteiger partial charge in [0, 0.05) is 55.3 Å². The first-order valence-electron chi connectivity index (χ1n) is 11.5. The van der Waals surface area contributed by atoms with E-state index < -0.39 is 17.2 Å². The molecule has 0 bridgehead atoms. The van der Waals surface area contributed by atoms with Crippen LogP contribution in [0, 0.1) is 5.82 Å². The van der Waals surface area contributed by atoms with E-state index in [0.717, 1.165) is 5.13 Å². The average molecular weight is 503 g/mol. The largest absolute Gasteiger partial charge is 0.462 e. The van der Waals surface area contributed by atoms with Gasteiger partial charge in [0.15, 0.2) is 5.13 Å². The lowest BCUT2D eigenvalue weighted by molar-refractivity contribution is 0.0524. The maximum Gasteiger partial charge on any atom is 0.409 e. The van der Waals surface area contributed by atoms with Crippen LogP contribution in [0.4, 0.5) is 14.3 Å². The summed E-state index contributed by atoms with van der Waals surface area (Å²) in [4.78, 5) is 45.4. The van der Waals surface area contributed by atoms with E-state index in [4.69, 9.17) is 9.47 Å². The van der Waals surface area contributed by atoms with Crippen molar-refractivity contribution in [3.8, 4) is 11.3 Å². The number of thiazole rings is 1. The predicted octanol–water partition coefficient (Wildman–Crippen LogP) is 3.74. The zero-order valence-corrected chi connectivity index (χ0v) is 20.7. The summed E-state index contributed by atoms with van der Waals surface area (Å²) in [5.74, 6) is -1.32. The van der Waals surface area contributed by atoms with E-state index in [-0.39, 0.29) is 29.2 Å². The van der Waals surface area contributed by atoms with Crippen molar-refractivity contribution in [3.05, 3.63) is 45.3 Å². The van der Waals surface area contributed by atoms with E-state index in [1.54, 1.807) is 34.8 Å². The van der Waals surface area contributed by atoms with Crippen LogP contribution >= 0.6 is 11.3 Å². The Morgan fingerprint density at radius 3 is 2.46 bits per heavy atom. The van der Waals surface area contributed by atoms with E-state index in [2.05, 4.69) is 9.88 Å². The molecule has 9 nitrogen and oxygen atoms in total. The molecule has 0 saturated carbocycles. The first kappa shape index (κ1) is 24.6. The van der Waals surface area contributed by atoms with E-state index in [0.29, 0.717) is 50.5 Å². The molecule has 3 aromatic rings. The van der Waals surface area contributed by atoms with Crippen LogP contribution in [0.3, 0.4) is 0 Å². The van der Waals surface area contributed by atoms with Gasteiger partial charge in [-0.05, 0) is 32.9 Å². The van der Waals surface area contributed by atoms with Crippen molar-refractivity contribution in [2.24, 2.45) is 0 Å². The van der Waals surface area contributed by atoms with Crippen LogP contribution in [0.15, 0.2) is 28.5 Å². The number of fused-ring (bicyclic) bond motifs is 1. The minimum absolute atomic E-state index is 0.115. The Bertz CT molecular complexity index is 1310. The van der Waals surface area contributed by atoms with E-state index in [1.807, 2.05) is 6.92 Å². The number of benzene rings is 1. The highest BCUT2D eigenvalue weighted by molar-refractivity contribution is 7.14. The van der Waals surface area contributed by atoms with Gasteiger partial charge in [-0.25, -0.2) is 19.0 Å². The van der Waals surface area contributed by atoms with Gasteiger partial charge in [-0.1, -0.05) is 0 Å². The highest BCUT2D eigenvalue weighted by atomic mass is 32.1. The topological polar surface area (TPSA) is 94.0 Å². The summed E-state index contributed by atoms with van der Waals surface area (Å²) >= 11 is 1.39. The minimum Gasteiger partial charge on any atom is -0.462 e. The molecule has 3 heterocycles. The molecule has 0 N–H and O–H groups in total. The van der Waals surface area contributed by atoms with Gasteiger partial charge in [0.2, 0.25) is 5.43 Å². The molecule has 186 valence electrons. The molecular weight excluding hydrogens is 475 g/mol. The van der Waals surface area contributed by atoms with Gasteiger partial charge in [-0.15, -0.1) is 11.3 Å². The lowest BCUT2D eigenvalue weighted by atomic mass is 10.1. The Hall–Kier alpha value is -3.47. The molecule has 11 heteroatoms. The fraction of sp³-hybridized carbons (Fsp3) is 0.417. The Labute approximate surface area is 205 Å². The van der Waals surface area contributed by atoms with Crippen molar-refractivity contribution >= 4 is 39.4 Å². The molecule has 1 aromatic carbocycles. The molecule has 1 fully saturated rings. The van der Waals surface area contributed by atoms with Crippen LogP contribution in [0.1, 0.15) is 31.1 Å². The molecule has 0 aliphatic carbocycles. The van der Waals surface area contributed by atoms with Crippen molar-refractivity contribution in [3.63, 3.8) is 0 Å². The number of aryl methyl sites for hydroxylation is 1. The molecule has 0 spiro atoms. The number of aromatic nitrogens is 2. The number of ether oxygens (including phenoxy) is 2. The number of amides is 1. The van der Waals surface area contributed by atoms with Crippen LogP contribution < -0.4 is 10.3 Å². The molecular formula is C24H27FN4O5S.